The Hall–Kier alpha value is -2.00. The van der Waals surface area contributed by atoms with Crippen LogP contribution in [-0.4, -0.2) is 26.3 Å². The molecule has 1 fully saturated rings. The van der Waals surface area contributed by atoms with E-state index in [-0.39, 0.29) is 0 Å². The summed E-state index contributed by atoms with van der Waals surface area (Å²) in [6.45, 7) is 0. The largest absolute Gasteiger partial charge is 0.497 e. The van der Waals surface area contributed by atoms with E-state index in [1.54, 1.807) is 14.2 Å². The van der Waals surface area contributed by atoms with Crippen LogP contribution < -0.4 is 14.8 Å². The maximum absolute atomic E-state index is 5.20. The van der Waals surface area contributed by atoms with E-state index in [4.69, 9.17) is 9.47 Å². The van der Waals surface area contributed by atoms with E-state index in [2.05, 4.69) is 29.6 Å². The molecule has 0 saturated carbocycles. The third kappa shape index (κ3) is 4.51. The van der Waals surface area contributed by atoms with Crippen LogP contribution in [-0.2, 0) is 12.8 Å². The maximum atomic E-state index is 5.20. The molecule has 0 amide bonds. The second-order valence-electron chi connectivity index (χ2n) is 6.57. The molecule has 24 heavy (non-hydrogen) atoms. The van der Waals surface area contributed by atoms with Gasteiger partial charge < -0.3 is 14.8 Å². The van der Waals surface area contributed by atoms with Crippen molar-refractivity contribution in [3.63, 3.8) is 0 Å². The van der Waals surface area contributed by atoms with Crippen LogP contribution in [0.4, 0.5) is 0 Å². The van der Waals surface area contributed by atoms with Crippen molar-refractivity contribution in [3.05, 3.63) is 59.7 Å². The van der Waals surface area contributed by atoms with Crippen LogP contribution in [0.3, 0.4) is 0 Å². The van der Waals surface area contributed by atoms with Gasteiger partial charge in [-0.15, -0.1) is 0 Å². The Morgan fingerprint density at radius 3 is 1.46 bits per heavy atom. The van der Waals surface area contributed by atoms with E-state index in [0.29, 0.717) is 12.1 Å². The summed E-state index contributed by atoms with van der Waals surface area (Å²) in [5.41, 5.74) is 2.78. The van der Waals surface area contributed by atoms with Crippen LogP contribution in [0.2, 0.25) is 0 Å². The van der Waals surface area contributed by atoms with Crippen molar-refractivity contribution < 1.29 is 9.47 Å². The quantitative estimate of drug-likeness (QED) is 0.796. The predicted octanol–water partition coefficient (Wildman–Crippen LogP) is 4.00. The van der Waals surface area contributed by atoms with Gasteiger partial charge in [0.15, 0.2) is 0 Å². The first-order valence-electron chi connectivity index (χ1n) is 8.78. The van der Waals surface area contributed by atoms with Gasteiger partial charge in [0, 0.05) is 12.1 Å². The molecule has 2 aromatic carbocycles. The molecule has 0 spiro atoms. The third-order valence-corrected chi connectivity index (χ3v) is 4.92. The van der Waals surface area contributed by atoms with Crippen molar-refractivity contribution in [2.24, 2.45) is 0 Å². The second kappa shape index (κ2) is 8.20. The van der Waals surface area contributed by atoms with Crippen LogP contribution in [0.5, 0.6) is 11.5 Å². The zero-order valence-corrected chi connectivity index (χ0v) is 14.6. The predicted molar refractivity (Wildman–Crippen MR) is 98.0 cm³/mol. The molecule has 0 bridgehead atoms. The first-order valence-corrected chi connectivity index (χ1v) is 8.78. The Kier molecular flexibility index (Phi) is 5.76. The Balaban J connectivity index is 1.33. The molecule has 2 atom stereocenters. The Labute approximate surface area is 145 Å². The Morgan fingerprint density at radius 1 is 0.750 bits per heavy atom. The van der Waals surface area contributed by atoms with Crippen LogP contribution in [0.25, 0.3) is 0 Å². The number of hydrogen-bond acceptors (Lipinski definition) is 3. The molecule has 1 aliphatic heterocycles. The van der Waals surface area contributed by atoms with Crippen molar-refractivity contribution in [3.8, 4) is 11.5 Å². The summed E-state index contributed by atoms with van der Waals surface area (Å²) < 4.78 is 10.4. The molecule has 3 rings (SSSR count). The van der Waals surface area contributed by atoms with Crippen LogP contribution in [0.1, 0.15) is 30.4 Å². The lowest BCUT2D eigenvalue weighted by atomic mass is 9.88. The first-order chi connectivity index (χ1) is 11.8. The molecule has 1 heterocycles. The normalized spacial score (nSPS) is 19.6. The Morgan fingerprint density at radius 2 is 1.12 bits per heavy atom. The highest BCUT2D eigenvalue weighted by Gasteiger charge is 2.26. The lowest BCUT2D eigenvalue weighted by molar-refractivity contribution is 0.240. The van der Waals surface area contributed by atoms with Gasteiger partial charge in [0.1, 0.15) is 11.5 Å². The minimum absolute atomic E-state index is 0.674. The van der Waals surface area contributed by atoms with Gasteiger partial charge in [-0.3, -0.25) is 0 Å². The van der Waals surface area contributed by atoms with Gasteiger partial charge in [0.25, 0.3) is 0 Å². The molecule has 128 valence electrons. The number of aryl methyl sites for hydroxylation is 2. The summed E-state index contributed by atoms with van der Waals surface area (Å²) in [6, 6.07) is 18.2. The molecule has 1 N–H and O–H groups in total. The van der Waals surface area contributed by atoms with Gasteiger partial charge in [0.05, 0.1) is 14.2 Å². The maximum Gasteiger partial charge on any atom is 0.118 e. The van der Waals surface area contributed by atoms with Gasteiger partial charge >= 0.3 is 0 Å². The van der Waals surface area contributed by atoms with Gasteiger partial charge in [0.2, 0.25) is 0 Å². The zero-order chi connectivity index (χ0) is 16.8. The summed E-state index contributed by atoms with van der Waals surface area (Å²) in [5, 5.41) is 3.72. The van der Waals surface area contributed by atoms with Crippen molar-refractivity contribution in [2.45, 2.75) is 44.2 Å². The number of methoxy groups -OCH3 is 2. The van der Waals surface area contributed by atoms with Gasteiger partial charge in [-0.1, -0.05) is 24.3 Å². The van der Waals surface area contributed by atoms with E-state index < -0.39 is 0 Å². The molecule has 0 aromatic heterocycles. The Bertz CT molecular complexity index is 560. The molecule has 2 aromatic rings. The summed E-state index contributed by atoms with van der Waals surface area (Å²) in [4.78, 5) is 0. The van der Waals surface area contributed by atoms with E-state index >= 15 is 0 Å². The number of nitrogens with one attached hydrogen (secondary N) is 1. The number of hydrogen-bond donors (Lipinski definition) is 1. The van der Waals surface area contributed by atoms with E-state index in [1.807, 2.05) is 24.3 Å². The van der Waals surface area contributed by atoms with Crippen LogP contribution in [0.15, 0.2) is 48.5 Å². The fourth-order valence-corrected chi connectivity index (χ4v) is 3.32. The molecular formula is C21H27NO2. The first kappa shape index (κ1) is 16.8. The topological polar surface area (TPSA) is 30.5 Å². The minimum atomic E-state index is 0.674. The van der Waals surface area contributed by atoms with Crippen molar-refractivity contribution in [2.75, 3.05) is 14.2 Å². The molecule has 3 nitrogen and oxygen atoms in total. The number of benzene rings is 2. The molecule has 0 aliphatic carbocycles. The van der Waals surface area contributed by atoms with Crippen molar-refractivity contribution in [1.82, 2.24) is 5.32 Å². The number of rotatable bonds is 8. The molecular weight excluding hydrogens is 298 g/mol. The molecule has 0 unspecified atom stereocenters. The standard InChI is InChI=1S/C21H27NO2/c1-23-20-11-5-16(6-12-20)3-9-18-15-19(22-18)10-4-17-7-13-21(24-2)14-8-17/h5-8,11-14,18-19,22H,3-4,9-10,15H2,1-2H3/t18-,19-/m1/s1. The fourth-order valence-electron chi connectivity index (χ4n) is 3.32. The van der Waals surface area contributed by atoms with E-state index in [1.165, 1.54) is 30.4 Å². The summed E-state index contributed by atoms with van der Waals surface area (Å²) in [7, 11) is 3.42. The lowest BCUT2D eigenvalue weighted by Gasteiger charge is -2.37. The van der Waals surface area contributed by atoms with Gasteiger partial charge in [-0.25, -0.2) is 0 Å². The van der Waals surface area contributed by atoms with Gasteiger partial charge in [-0.2, -0.15) is 0 Å². The molecule has 1 saturated heterocycles. The van der Waals surface area contributed by atoms with Crippen LogP contribution in [0, 0.1) is 0 Å². The minimum Gasteiger partial charge on any atom is -0.497 e. The second-order valence-corrected chi connectivity index (χ2v) is 6.57. The SMILES string of the molecule is COc1ccc(CC[C@@H]2C[C@@H](CCc3ccc(OC)cc3)N2)cc1. The van der Waals surface area contributed by atoms with Crippen LogP contribution >= 0.6 is 0 Å². The average Bonchev–Trinajstić information content (AvgIpc) is 2.61. The zero-order valence-electron chi connectivity index (χ0n) is 14.6. The fraction of sp³-hybridized carbons (Fsp3) is 0.429. The molecule has 1 aliphatic rings. The molecule has 0 radical (unpaired) electrons. The van der Waals surface area contributed by atoms with Gasteiger partial charge in [-0.05, 0) is 67.5 Å². The van der Waals surface area contributed by atoms with E-state index in [0.717, 1.165) is 24.3 Å². The monoisotopic (exact) mass is 325 g/mol. The number of ether oxygens (including phenoxy) is 2. The smallest absolute Gasteiger partial charge is 0.118 e. The highest BCUT2D eigenvalue weighted by Crippen LogP contribution is 2.22. The average molecular weight is 325 g/mol. The lowest BCUT2D eigenvalue weighted by Crippen LogP contribution is -2.52. The van der Waals surface area contributed by atoms with Crippen molar-refractivity contribution in [1.29, 1.82) is 0 Å². The van der Waals surface area contributed by atoms with Crippen molar-refractivity contribution >= 4 is 0 Å². The highest BCUT2D eigenvalue weighted by molar-refractivity contribution is 5.28. The highest BCUT2D eigenvalue weighted by atomic mass is 16.5. The molecule has 3 heteroatoms. The summed E-state index contributed by atoms with van der Waals surface area (Å²) >= 11 is 0. The third-order valence-electron chi connectivity index (χ3n) is 4.92. The summed E-state index contributed by atoms with van der Waals surface area (Å²) in [5.74, 6) is 1.86. The summed E-state index contributed by atoms with van der Waals surface area (Å²) in [6.07, 6.45) is 5.99. The van der Waals surface area contributed by atoms with E-state index in [9.17, 15) is 0 Å².